The van der Waals surface area contributed by atoms with Gasteiger partial charge in [0.25, 0.3) is 0 Å². The normalized spacial score (nSPS) is 25.5. The molecule has 4 atom stereocenters. The van der Waals surface area contributed by atoms with Gasteiger partial charge in [-0.05, 0) is 90.7 Å². The maximum atomic E-state index is 10.6. The monoisotopic (exact) mass is 438 g/mol. The molecule has 1 aromatic carbocycles. The molecule has 1 saturated carbocycles. The lowest BCUT2D eigenvalue weighted by molar-refractivity contribution is 0.141. The minimum absolute atomic E-state index is 0.172. The Labute approximate surface area is 197 Å². The van der Waals surface area contributed by atoms with Crippen LogP contribution in [0.1, 0.15) is 64.5 Å². The zero-order chi connectivity index (χ0) is 23.1. The molecular formula is C29H46N2O. The number of nitrogens with one attached hydrogen (secondary N) is 1. The Hall–Kier alpha value is -1.42. The highest BCUT2D eigenvalue weighted by Gasteiger charge is 2.43. The number of fused-ring (bicyclic) bond motifs is 1. The van der Waals surface area contributed by atoms with Crippen molar-refractivity contribution in [2.24, 2.45) is 17.8 Å². The Morgan fingerprint density at radius 1 is 1.12 bits per heavy atom. The summed E-state index contributed by atoms with van der Waals surface area (Å²) < 4.78 is 0. The van der Waals surface area contributed by atoms with Crippen LogP contribution in [-0.2, 0) is 6.42 Å². The Morgan fingerprint density at radius 2 is 1.91 bits per heavy atom. The first-order valence-electron chi connectivity index (χ1n) is 12.9. The lowest BCUT2D eigenvalue weighted by atomic mass is 9.89. The van der Waals surface area contributed by atoms with E-state index in [9.17, 15) is 5.11 Å². The van der Waals surface area contributed by atoms with E-state index in [0.29, 0.717) is 29.8 Å². The summed E-state index contributed by atoms with van der Waals surface area (Å²) in [7, 11) is 0. The van der Waals surface area contributed by atoms with Crippen LogP contribution in [0.2, 0.25) is 0 Å². The maximum Gasteiger partial charge on any atom is 0.0611 e. The van der Waals surface area contributed by atoms with E-state index in [-0.39, 0.29) is 6.10 Å². The molecule has 2 N–H and O–H groups in total. The van der Waals surface area contributed by atoms with Crippen LogP contribution in [0, 0.1) is 24.7 Å². The standard InChI is InChI=1S/C29H46N2O/c1-21(2)31(22(3)4)16-15-30-14-13-25-18-26-20-29(32)27(28(26)19-25)12-7-6-10-24-11-8-9-23(5)17-24/h7-9,11-12,17-18,21-22,26-30,32H,6,10,13-16,19-20H2,1-5H3/t26-,27+,28-,29+/m0/s1. The largest absolute Gasteiger partial charge is 0.392 e. The first kappa shape index (κ1) is 25.2. The molecule has 3 nitrogen and oxygen atoms in total. The lowest BCUT2D eigenvalue weighted by Crippen LogP contribution is -2.41. The third-order valence-electron chi connectivity index (χ3n) is 7.49. The molecule has 0 spiro atoms. The highest BCUT2D eigenvalue weighted by molar-refractivity contribution is 5.23. The van der Waals surface area contributed by atoms with E-state index in [1.807, 2.05) is 0 Å². The van der Waals surface area contributed by atoms with Crippen molar-refractivity contribution in [3.05, 3.63) is 59.2 Å². The summed E-state index contributed by atoms with van der Waals surface area (Å²) in [5.41, 5.74) is 4.33. The van der Waals surface area contributed by atoms with Crippen molar-refractivity contribution in [2.75, 3.05) is 19.6 Å². The molecule has 2 aliphatic rings. The average molecular weight is 439 g/mol. The fraction of sp³-hybridized carbons (Fsp3) is 0.655. The van der Waals surface area contributed by atoms with Crippen LogP contribution in [0.15, 0.2) is 48.1 Å². The number of allylic oxidation sites excluding steroid dienone is 2. The number of rotatable bonds is 12. The predicted molar refractivity (Wildman–Crippen MR) is 137 cm³/mol. The Morgan fingerprint density at radius 3 is 2.62 bits per heavy atom. The number of hydrogen-bond donors (Lipinski definition) is 2. The number of benzene rings is 1. The van der Waals surface area contributed by atoms with Crippen LogP contribution in [0.3, 0.4) is 0 Å². The SMILES string of the molecule is Cc1cccc(CCC=C[C@@H]2[C@H]3CC(CCNCCN(C(C)C)C(C)C)=C[C@H]3C[C@H]2O)c1. The van der Waals surface area contributed by atoms with E-state index < -0.39 is 0 Å². The fourth-order valence-electron chi connectivity index (χ4n) is 5.86. The van der Waals surface area contributed by atoms with Crippen molar-refractivity contribution in [3.8, 4) is 0 Å². The second-order valence-corrected chi connectivity index (χ2v) is 10.6. The molecule has 1 aromatic rings. The van der Waals surface area contributed by atoms with Crippen LogP contribution in [0.4, 0.5) is 0 Å². The third kappa shape index (κ3) is 7.04. The van der Waals surface area contributed by atoms with Crippen molar-refractivity contribution in [1.82, 2.24) is 10.2 Å². The molecular weight excluding hydrogens is 392 g/mol. The molecule has 0 saturated heterocycles. The fourth-order valence-corrected chi connectivity index (χ4v) is 5.86. The summed E-state index contributed by atoms with van der Waals surface area (Å²) in [5.74, 6) is 1.50. The minimum Gasteiger partial charge on any atom is -0.392 e. The quantitative estimate of drug-likeness (QED) is 0.333. The van der Waals surface area contributed by atoms with Crippen LogP contribution >= 0.6 is 0 Å². The van der Waals surface area contributed by atoms with Gasteiger partial charge in [-0.1, -0.05) is 53.6 Å². The van der Waals surface area contributed by atoms with Crippen molar-refractivity contribution in [1.29, 1.82) is 0 Å². The predicted octanol–water partition coefficient (Wildman–Crippen LogP) is 5.53. The smallest absolute Gasteiger partial charge is 0.0611 e. The summed E-state index contributed by atoms with van der Waals surface area (Å²) in [6, 6.07) is 9.99. The Kier molecular flexibility index (Phi) is 9.58. The van der Waals surface area contributed by atoms with Gasteiger partial charge in [0.1, 0.15) is 0 Å². The van der Waals surface area contributed by atoms with Gasteiger partial charge in [-0.3, -0.25) is 4.90 Å². The van der Waals surface area contributed by atoms with Gasteiger partial charge in [0, 0.05) is 31.1 Å². The summed E-state index contributed by atoms with van der Waals surface area (Å²) >= 11 is 0. The Bertz CT molecular complexity index is 758. The number of nitrogens with zero attached hydrogens (tertiary/aromatic N) is 1. The van der Waals surface area contributed by atoms with Gasteiger partial charge >= 0.3 is 0 Å². The van der Waals surface area contributed by atoms with Crippen LogP contribution in [0.25, 0.3) is 0 Å². The first-order chi connectivity index (χ1) is 15.3. The number of hydrogen-bond acceptors (Lipinski definition) is 3. The molecule has 0 amide bonds. The van der Waals surface area contributed by atoms with Crippen LogP contribution in [0.5, 0.6) is 0 Å². The van der Waals surface area contributed by atoms with E-state index in [4.69, 9.17) is 0 Å². The van der Waals surface area contributed by atoms with Gasteiger partial charge in [-0.15, -0.1) is 0 Å². The van der Waals surface area contributed by atoms with E-state index in [1.165, 1.54) is 17.5 Å². The van der Waals surface area contributed by atoms with Gasteiger partial charge in [0.15, 0.2) is 0 Å². The topological polar surface area (TPSA) is 35.5 Å². The molecule has 2 aliphatic carbocycles. The van der Waals surface area contributed by atoms with Gasteiger partial charge in [-0.2, -0.15) is 0 Å². The highest BCUT2D eigenvalue weighted by atomic mass is 16.3. The second kappa shape index (κ2) is 12.2. The van der Waals surface area contributed by atoms with Crippen molar-refractivity contribution in [2.45, 2.75) is 84.9 Å². The van der Waals surface area contributed by atoms with Crippen molar-refractivity contribution < 1.29 is 5.11 Å². The van der Waals surface area contributed by atoms with Gasteiger partial charge in [0.2, 0.25) is 0 Å². The zero-order valence-corrected chi connectivity index (χ0v) is 21.1. The Balaban J connectivity index is 1.39. The number of aliphatic hydroxyl groups excluding tert-OH is 1. The summed E-state index contributed by atoms with van der Waals surface area (Å²) in [6.45, 7) is 14.5. The van der Waals surface area contributed by atoms with E-state index >= 15 is 0 Å². The molecule has 3 rings (SSSR count). The summed E-state index contributed by atoms with van der Waals surface area (Å²) in [5, 5.41) is 14.3. The second-order valence-electron chi connectivity index (χ2n) is 10.6. The first-order valence-corrected chi connectivity index (χ1v) is 12.9. The maximum absolute atomic E-state index is 10.6. The van der Waals surface area contributed by atoms with Crippen molar-refractivity contribution >= 4 is 0 Å². The molecule has 178 valence electrons. The molecule has 0 heterocycles. The molecule has 32 heavy (non-hydrogen) atoms. The molecule has 3 heteroatoms. The van der Waals surface area contributed by atoms with E-state index in [1.54, 1.807) is 5.57 Å². The molecule has 0 aliphatic heterocycles. The third-order valence-corrected chi connectivity index (χ3v) is 7.49. The summed E-state index contributed by atoms with van der Waals surface area (Å²) in [4.78, 5) is 2.55. The highest BCUT2D eigenvalue weighted by Crippen LogP contribution is 2.47. The number of aryl methyl sites for hydroxylation is 2. The number of aliphatic hydroxyl groups is 1. The molecule has 0 radical (unpaired) electrons. The summed E-state index contributed by atoms with van der Waals surface area (Å²) in [6.07, 6.45) is 12.3. The zero-order valence-electron chi connectivity index (χ0n) is 21.1. The van der Waals surface area contributed by atoms with Gasteiger partial charge in [-0.25, -0.2) is 0 Å². The molecule has 1 fully saturated rings. The van der Waals surface area contributed by atoms with E-state index in [2.05, 4.69) is 87.3 Å². The molecule has 0 aromatic heterocycles. The molecule has 0 bridgehead atoms. The van der Waals surface area contributed by atoms with Gasteiger partial charge in [0.05, 0.1) is 6.10 Å². The molecule has 0 unspecified atom stereocenters. The van der Waals surface area contributed by atoms with Crippen LogP contribution in [-0.4, -0.2) is 47.8 Å². The minimum atomic E-state index is -0.172. The lowest BCUT2D eigenvalue weighted by Gasteiger charge is -2.30. The van der Waals surface area contributed by atoms with Gasteiger partial charge < -0.3 is 10.4 Å². The van der Waals surface area contributed by atoms with Crippen LogP contribution < -0.4 is 5.32 Å². The van der Waals surface area contributed by atoms with E-state index in [0.717, 1.165) is 45.3 Å². The van der Waals surface area contributed by atoms with Crippen molar-refractivity contribution in [3.63, 3.8) is 0 Å². The average Bonchev–Trinajstić information content (AvgIpc) is 3.24.